The Balaban J connectivity index is 2.02. The van der Waals surface area contributed by atoms with Gasteiger partial charge in [0.1, 0.15) is 5.56 Å². The Hall–Kier alpha value is -2.25. The second-order valence-corrected chi connectivity index (χ2v) is 6.35. The lowest BCUT2D eigenvalue weighted by atomic mass is 9.91. The quantitative estimate of drug-likeness (QED) is 0.588. The third-order valence-electron chi connectivity index (χ3n) is 4.31. The number of benzene rings is 1. The highest BCUT2D eigenvalue weighted by Gasteiger charge is 2.21. The van der Waals surface area contributed by atoms with Crippen LogP contribution in [0.1, 0.15) is 31.2 Å². The number of aliphatic imine (C=N–C) groups is 1. The topological polar surface area (TPSA) is 96.4 Å². The molecule has 0 spiro atoms. The number of aromatic amines is 1. The van der Waals surface area contributed by atoms with Gasteiger partial charge in [-0.1, -0.05) is 31.0 Å². The molecule has 0 bridgehead atoms. The molecule has 2 atom stereocenters. The number of rotatable bonds is 3. The van der Waals surface area contributed by atoms with E-state index in [0.29, 0.717) is 5.69 Å². The van der Waals surface area contributed by atoms with Crippen LogP contribution in [0.3, 0.4) is 0 Å². The molecule has 0 saturated heterocycles. The molecule has 6 nitrogen and oxygen atoms in total. The Morgan fingerprint density at radius 3 is 2.71 bits per heavy atom. The minimum Gasteiger partial charge on any atom is -0.494 e. The molecule has 1 heterocycles. The smallest absolute Gasteiger partial charge is 0.264 e. The van der Waals surface area contributed by atoms with Crippen molar-refractivity contribution in [3.8, 4) is 11.6 Å². The van der Waals surface area contributed by atoms with E-state index < -0.39 is 5.56 Å². The molecule has 1 saturated carbocycles. The van der Waals surface area contributed by atoms with Crippen molar-refractivity contribution in [1.29, 1.82) is 0 Å². The van der Waals surface area contributed by atoms with Gasteiger partial charge in [-0.05, 0) is 37.2 Å². The number of hydrogen-bond donors (Lipinski definition) is 3. The second-order valence-electron chi connectivity index (χ2n) is 5.96. The van der Waals surface area contributed by atoms with Gasteiger partial charge in [-0.2, -0.15) is 0 Å². The first-order valence-electron chi connectivity index (χ1n) is 8.00. The SMILES string of the molecule is N[C@@H]1CCCC[C@@H]1N=Cc1c(O)n(-c2ccccc2)c(=S)[nH]c1=O. The summed E-state index contributed by atoms with van der Waals surface area (Å²) in [6.07, 6.45) is 5.43. The van der Waals surface area contributed by atoms with Crippen molar-refractivity contribution in [3.63, 3.8) is 0 Å². The Morgan fingerprint density at radius 1 is 1.29 bits per heavy atom. The highest BCUT2D eigenvalue weighted by molar-refractivity contribution is 7.71. The van der Waals surface area contributed by atoms with E-state index in [-0.39, 0.29) is 28.3 Å². The maximum Gasteiger partial charge on any atom is 0.264 e. The molecule has 0 unspecified atom stereocenters. The fourth-order valence-electron chi connectivity index (χ4n) is 2.97. The van der Waals surface area contributed by atoms with Crippen molar-refractivity contribution in [2.24, 2.45) is 10.7 Å². The molecule has 1 aromatic carbocycles. The average Bonchev–Trinajstić information content (AvgIpc) is 2.57. The molecule has 0 aliphatic heterocycles. The zero-order chi connectivity index (χ0) is 17.1. The lowest BCUT2D eigenvalue weighted by Crippen LogP contribution is -2.36. The highest BCUT2D eigenvalue weighted by atomic mass is 32.1. The molecule has 24 heavy (non-hydrogen) atoms. The van der Waals surface area contributed by atoms with Gasteiger partial charge in [0, 0.05) is 12.3 Å². The van der Waals surface area contributed by atoms with Gasteiger partial charge in [-0.3, -0.25) is 19.3 Å². The molecule has 1 aliphatic rings. The van der Waals surface area contributed by atoms with Crippen LogP contribution in [-0.2, 0) is 0 Å². The molecule has 0 amide bonds. The van der Waals surface area contributed by atoms with Crippen LogP contribution in [-0.4, -0.2) is 33.0 Å². The van der Waals surface area contributed by atoms with Gasteiger partial charge in [-0.15, -0.1) is 0 Å². The van der Waals surface area contributed by atoms with Crippen molar-refractivity contribution in [2.45, 2.75) is 37.8 Å². The zero-order valence-corrected chi connectivity index (χ0v) is 14.0. The first kappa shape index (κ1) is 16.6. The first-order chi connectivity index (χ1) is 11.6. The monoisotopic (exact) mass is 344 g/mol. The summed E-state index contributed by atoms with van der Waals surface area (Å²) in [5.41, 5.74) is 6.37. The molecule has 126 valence electrons. The third-order valence-corrected chi connectivity index (χ3v) is 4.60. The summed E-state index contributed by atoms with van der Waals surface area (Å²) >= 11 is 5.18. The van der Waals surface area contributed by atoms with E-state index in [1.165, 1.54) is 10.8 Å². The standard InChI is InChI=1S/C17H20N4O2S/c18-13-8-4-5-9-14(13)19-10-12-15(22)20-17(24)21(16(12)23)11-6-2-1-3-7-11/h1-3,6-7,10,13-14,23H,4-5,8-9,18H2,(H,20,22,24)/t13-,14+/m1/s1. The Labute approximate surface area is 144 Å². The lowest BCUT2D eigenvalue weighted by molar-refractivity contribution is 0.387. The maximum atomic E-state index is 12.2. The minimum absolute atomic E-state index is 0.00398. The number of nitrogens with two attached hydrogens (primary N) is 1. The Bertz CT molecular complexity index is 857. The normalized spacial score (nSPS) is 21.2. The largest absolute Gasteiger partial charge is 0.494 e. The van der Waals surface area contributed by atoms with Gasteiger partial charge in [0.15, 0.2) is 4.77 Å². The van der Waals surface area contributed by atoms with Gasteiger partial charge >= 0.3 is 0 Å². The van der Waals surface area contributed by atoms with Crippen molar-refractivity contribution in [1.82, 2.24) is 9.55 Å². The van der Waals surface area contributed by atoms with Crippen LogP contribution in [0.25, 0.3) is 5.69 Å². The molecule has 7 heteroatoms. The summed E-state index contributed by atoms with van der Waals surface area (Å²) in [5, 5.41) is 10.6. The summed E-state index contributed by atoms with van der Waals surface area (Å²) in [6, 6.07) is 9.09. The van der Waals surface area contributed by atoms with Crippen LogP contribution >= 0.6 is 12.2 Å². The van der Waals surface area contributed by atoms with E-state index >= 15 is 0 Å². The molecular weight excluding hydrogens is 324 g/mol. The number of aromatic hydroxyl groups is 1. The molecule has 2 aromatic rings. The van der Waals surface area contributed by atoms with Gasteiger partial charge < -0.3 is 10.8 Å². The van der Waals surface area contributed by atoms with Gasteiger partial charge in [0.05, 0.1) is 11.7 Å². The van der Waals surface area contributed by atoms with Crippen LogP contribution < -0.4 is 11.3 Å². The van der Waals surface area contributed by atoms with E-state index in [2.05, 4.69) is 9.98 Å². The summed E-state index contributed by atoms with van der Waals surface area (Å²) in [7, 11) is 0. The summed E-state index contributed by atoms with van der Waals surface area (Å²) in [5.74, 6) is -0.219. The number of nitrogens with zero attached hydrogens (tertiary/aromatic N) is 2. The first-order valence-corrected chi connectivity index (χ1v) is 8.41. The van der Waals surface area contributed by atoms with Crippen LogP contribution in [0.2, 0.25) is 0 Å². The van der Waals surface area contributed by atoms with E-state index in [9.17, 15) is 9.90 Å². The number of H-pyrrole nitrogens is 1. The van der Waals surface area contributed by atoms with Crippen LogP contribution in [0.15, 0.2) is 40.1 Å². The van der Waals surface area contributed by atoms with Crippen LogP contribution in [0, 0.1) is 4.77 Å². The number of nitrogens with one attached hydrogen (secondary N) is 1. The van der Waals surface area contributed by atoms with Crippen LogP contribution in [0.4, 0.5) is 0 Å². The number of hydrogen-bond acceptors (Lipinski definition) is 5. The molecule has 1 aromatic heterocycles. The molecule has 4 N–H and O–H groups in total. The summed E-state index contributed by atoms with van der Waals surface area (Å²) < 4.78 is 1.55. The summed E-state index contributed by atoms with van der Waals surface area (Å²) in [4.78, 5) is 19.2. The highest BCUT2D eigenvalue weighted by Crippen LogP contribution is 2.21. The van der Waals surface area contributed by atoms with Gasteiger partial charge in [0.2, 0.25) is 5.88 Å². The van der Waals surface area contributed by atoms with Gasteiger partial charge in [0.25, 0.3) is 5.56 Å². The summed E-state index contributed by atoms with van der Waals surface area (Å²) in [6.45, 7) is 0. The molecular formula is C17H20N4O2S. The molecule has 0 radical (unpaired) electrons. The van der Waals surface area contributed by atoms with Crippen molar-refractivity contribution < 1.29 is 5.11 Å². The van der Waals surface area contributed by atoms with E-state index in [1.54, 1.807) is 12.1 Å². The van der Waals surface area contributed by atoms with Gasteiger partial charge in [-0.25, -0.2) is 0 Å². The fourth-order valence-corrected chi connectivity index (χ4v) is 3.25. The molecule has 1 aliphatic carbocycles. The predicted molar refractivity (Wildman–Crippen MR) is 96.7 cm³/mol. The maximum absolute atomic E-state index is 12.2. The number of para-hydroxylation sites is 1. The number of aromatic nitrogens is 2. The minimum atomic E-state index is -0.460. The van der Waals surface area contributed by atoms with E-state index in [1.807, 2.05) is 18.2 Å². The Kier molecular flexibility index (Phi) is 4.92. The van der Waals surface area contributed by atoms with Crippen molar-refractivity contribution >= 4 is 18.4 Å². The Morgan fingerprint density at radius 2 is 2.00 bits per heavy atom. The lowest BCUT2D eigenvalue weighted by Gasteiger charge is -2.25. The van der Waals surface area contributed by atoms with E-state index in [0.717, 1.165) is 25.7 Å². The molecule has 1 fully saturated rings. The second kappa shape index (κ2) is 7.11. The average molecular weight is 344 g/mol. The van der Waals surface area contributed by atoms with Crippen LogP contribution in [0.5, 0.6) is 5.88 Å². The predicted octanol–water partition coefficient (Wildman–Crippen LogP) is 2.29. The van der Waals surface area contributed by atoms with Crippen molar-refractivity contribution in [2.75, 3.05) is 0 Å². The van der Waals surface area contributed by atoms with Crippen molar-refractivity contribution in [3.05, 3.63) is 51.0 Å². The fraction of sp³-hybridized carbons (Fsp3) is 0.353. The third kappa shape index (κ3) is 3.32. The van der Waals surface area contributed by atoms with E-state index in [4.69, 9.17) is 18.0 Å². The zero-order valence-electron chi connectivity index (χ0n) is 13.2. The molecule has 3 rings (SSSR count).